The SMILES string of the molecule is C[C@@H](Sc1nc2ccccc2c(=O)n1Cc1cccnc1)C(=O)N(C)C. The highest BCUT2D eigenvalue weighted by atomic mass is 32.2. The largest absolute Gasteiger partial charge is 0.348 e. The van der Waals surface area contributed by atoms with Crippen molar-refractivity contribution in [3.8, 4) is 0 Å². The molecule has 0 unspecified atom stereocenters. The van der Waals surface area contributed by atoms with Crippen LogP contribution in [0.15, 0.2) is 58.7 Å². The molecule has 1 amide bonds. The number of carbonyl (C=O) groups excluding carboxylic acids is 1. The third-order valence-corrected chi connectivity index (χ3v) is 5.04. The summed E-state index contributed by atoms with van der Waals surface area (Å²) in [6.07, 6.45) is 3.42. The molecule has 0 aliphatic carbocycles. The first-order chi connectivity index (χ1) is 12.5. The van der Waals surface area contributed by atoms with Crippen molar-refractivity contribution in [1.82, 2.24) is 19.4 Å². The summed E-state index contributed by atoms with van der Waals surface area (Å²) in [5.41, 5.74) is 1.42. The summed E-state index contributed by atoms with van der Waals surface area (Å²) < 4.78 is 1.61. The summed E-state index contributed by atoms with van der Waals surface area (Å²) in [6.45, 7) is 2.18. The predicted molar refractivity (Wildman–Crippen MR) is 103 cm³/mol. The van der Waals surface area contributed by atoms with E-state index >= 15 is 0 Å². The number of para-hydroxylation sites is 1. The van der Waals surface area contributed by atoms with Crippen molar-refractivity contribution >= 4 is 28.6 Å². The van der Waals surface area contributed by atoms with Gasteiger partial charge in [-0.05, 0) is 30.7 Å². The number of rotatable bonds is 5. The molecule has 0 fully saturated rings. The molecule has 3 aromatic rings. The summed E-state index contributed by atoms with van der Waals surface area (Å²) in [5.74, 6) is -0.0228. The van der Waals surface area contributed by atoms with E-state index in [1.54, 1.807) is 42.0 Å². The van der Waals surface area contributed by atoms with Gasteiger partial charge in [0.05, 0.1) is 22.7 Å². The number of carbonyl (C=O) groups is 1. The molecule has 134 valence electrons. The Kier molecular flexibility index (Phi) is 5.37. The maximum Gasteiger partial charge on any atom is 0.262 e. The van der Waals surface area contributed by atoms with Crippen LogP contribution < -0.4 is 5.56 Å². The minimum atomic E-state index is -0.349. The molecule has 2 aromatic heterocycles. The second-order valence-electron chi connectivity index (χ2n) is 6.16. The monoisotopic (exact) mass is 368 g/mol. The lowest BCUT2D eigenvalue weighted by Crippen LogP contribution is -2.31. The van der Waals surface area contributed by atoms with E-state index in [1.165, 1.54) is 11.8 Å². The average Bonchev–Trinajstić information content (AvgIpc) is 2.65. The standard InChI is InChI=1S/C19H20N4O2S/c1-13(17(24)22(2)3)26-19-21-16-9-5-4-8-15(16)18(25)23(19)12-14-7-6-10-20-11-14/h4-11,13H,12H2,1-3H3/t13-/m1/s1. The average molecular weight is 368 g/mol. The molecule has 3 rings (SSSR count). The quantitative estimate of drug-likeness (QED) is 0.511. The highest BCUT2D eigenvalue weighted by Gasteiger charge is 2.20. The zero-order valence-electron chi connectivity index (χ0n) is 14.9. The van der Waals surface area contributed by atoms with Crippen LogP contribution in [0.25, 0.3) is 10.9 Å². The fourth-order valence-electron chi connectivity index (χ4n) is 2.62. The fraction of sp³-hybridized carbons (Fsp3) is 0.263. The number of fused-ring (bicyclic) bond motifs is 1. The molecule has 2 heterocycles. The van der Waals surface area contributed by atoms with Gasteiger partial charge in [-0.25, -0.2) is 4.98 Å². The minimum absolute atomic E-state index is 0.0228. The number of hydrogen-bond acceptors (Lipinski definition) is 5. The molecular weight excluding hydrogens is 348 g/mol. The molecule has 1 atom stereocenters. The molecule has 7 heteroatoms. The Bertz CT molecular complexity index is 986. The minimum Gasteiger partial charge on any atom is -0.348 e. The lowest BCUT2D eigenvalue weighted by molar-refractivity contribution is -0.127. The van der Waals surface area contributed by atoms with E-state index < -0.39 is 0 Å². The Morgan fingerprint density at radius 2 is 2.00 bits per heavy atom. The summed E-state index contributed by atoms with van der Waals surface area (Å²) in [7, 11) is 3.44. The Balaban J connectivity index is 2.08. The first-order valence-electron chi connectivity index (χ1n) is 8.23. The van der Waals surface area contributed by atoms with Gasteiger partial charge >= 0.3 is 0 Å². The molecule has 1 aromatic carbocycles. The summed E-state index contributed by atoms with van der Waals surface area (Å²) in [4.78, 5) is 35.6. The van der Waals surface area contributed by atoms with Crippen molar-refractivity contribution in [3.05, 3.63) is 64.7 Å². The van der Waals surface area contributed by atoms with Crippen molar-refractivity contribution in [3.63, 3.8) is 0 Å². The summed E-state index contributed by atoms with van der Waals surface area (Å²) in [6, 6.07) is 11.0. The van der Waals surface area contributed by atoms with Crippen LogP contribution >= 0.6 is 11.8 Å². The highest BCUT2D eigenvalue weighted by molar-refractivity contribution is 8.00. The van der Waals surface area contributed by atoms with Gasteiger partial charge in [0.1, 0.15) is 0 Å². The molecule has 6 nitrogen and oxygen atoms in total. The molecule has 0 bridgehead atoms. The van der Waals surface area contributed by atoms with Crippen molar-refractivity contribution in [2.45, 2.75) is 23.9 Å². The maximum atomic E-state index is 13.0. The summed E-state index contributed by atoms with van der Waals surface area (Å²) >= 11 is 1.30. The molecule has 0 saturated heterocycles. The molecule has 0 aliphatic rings. The second-order valence-corrected chi connectivity index (χ2v) is 7.46. The maximum absolute atomic E-state index is 13.0. The number of aromatic nitrogens is 3. The van der Waals surface area contributed by atoms with E-state index in [0.29, 0.717) is 22.6 Å². The zero-order chi connectivity index (χ0) is 18.7. The first-order valence-corrected chi connectivity index (χ1v) is 9.11. The van der Waals surface area contributed by atoms with Crippen LogP contribution in [-0.4, -0.2) is 44.7 Å². The van der Waals surface area contributed by atoms with E-state index in [1.807, 2.05) is 37.3 Å². The van der Waals surface area contributed by atoms with E-state index in [4.69, 9.17) is 0 Å². The lowest BCUT2D eigenvalue weighted by Gasteiger charge is -2.18. The molecular formula is C19H20N4O2S. The van der Waals surface area contributed by atoms with Gasteiger partial charge in [-0.3, -0.25) is 19.1 Å². The van der Waals surface area contributed by atoms with Crippen molar-refractivity contribution in [2.24, 2.45) is 0 Å². The zero-order valence-corrected chi connectivity index (χ0v) is 15.7. The second kappa shape index (κ2) is 7.70. The van der Waals surface area contributed by atoms with Gasteiger partial charge in [-0.1, -0.05) is 30.0 Å². The van der Waals surface area contributed by atoms with E-state index in [9.17, 15) is 9.59 Å². The van der Waals surface area contributed by atoms with Gasteiger partial charge < -0.3 is 4.90 Å². The van der Waals surface area contributed by atoms with E-state index in [2.05, 4.69) is 9.97 Å². The van der Waals surface area contributed by atoms with Gasteiger partial charge in [0.15, 0.2) is 5.16 Å². The van der Waals surface area contributed by atoms with Crippen LogP contribution in [-0.2, 0) is 11.3 Å². The number of pyridine rings is 1. The predicted octanol–water partition coefficient (Wildman–Crippen LogP) is 2.41. The normalized spacial score (nSPS) is 12.1. The lowest BCUT2D eigenvalue weighted by atomic mass is 10.2. The molecule has 0 aliphatic heterocycles. The van der Waals surface area contributed by atoms with Gasteiger partial charge in [0, 0.05) is 26.5 Å². The van der Waals surface area contributed by atoms with Crippen LogP contribution in [0.4, 0.5) is 0 Å². The number of nitrogens with zero attached hydrogens (tertiary/aromatic N) is 4. The van der Waals surface area contributed by atoms with Gasteiger partial charge in [0.25, 0.3) is 5.56 Å². The fourth-order valence-corrected chi connectivity index (χ4v) is 3.68. The van der Waals surface area contributed by atoms with Crippen LogP contribution in [0.5, 0.6) is 0 Å². The third kappa shape index (κ3) is 3.77. The molecule has 0 saturated carbocycles. The third-order valence-electron chi connectivity index (χ3n) is 3.96. The van der Waals surface area contributed by atoms with Crippen LogP contribution in [0.1, 0.15) is 12.5 Å². The van der Waals surface area contributed by atoms with Gasteiger partial charge in [-0.2, -0.15) is 0 Å². The Labute approximate surface area is 155 Å². The molecule has 26 heavy (non-hydrogen) atoms. The Morgan fingerprint density at radius 1 is 1.23 bits per heavy atom. The number of amides is 1. The van der Waals surface area contributed by atoms with Crippen LogP contribution in [0.3, 0.4) is 0 Å². The van der Waals surface area contributed by atoms with Crippen molar-refractivity contribution in [2.75, 3.05) is 14.1 Å². The number of hydrogen-bond donors (Lipinski definition) is 0. The first kappa shape index (κ1) is 18.1. The van der Waals surface area contributed by atoms with Gasteiger partial charge in [-0.15, -0.1) is 0 Å². The number of thioether (sulfide) groups is 1. The van der Waals surface area contributed by atoms with Gasteiger partial charge in [0.2, 0.25) is 5.91 Å². The molecule has 0 N–H and O–H groups in total. The molecule has 0 radical (unpaired) electrons. The Morgan fingerprint density at radius 3 is 2.69 bits per heavy atom. The highest BCUT2D eigenvalue weighted by Crippen LogP contribution is 2.24. The number of benzene rings is 1. The van der Waals surface area contributed by atoms with Crippen LogP contribution in [0, 0.1) is 0 Å². The molecule has 0 spiro atoms. The van der Waals surface area contributed by atoms with Crippen LogP contribution in [0.2, 0.25) is 0 Å². The van der Waals surface area contributed by atoms with Crippen molar-refractivity contribution in [1.29, 1.82) is 0 Å². The topological polar surface area (TPSA) is 68.1 Å². The van der Waals surface area contributed by atoms with E-state index in [-0.39, 0.29) is 16.7 Å². The Hall–Kier alpha value is -2.67. The van der Waals surface area contributed by atoms with Crippen molar-refractivity contribution < 1.29 is 4.79 Å². The smallest absolute Gasteiger partial charge is 0.262 e. The van der Waals surface area contributed by atoms with E-state index in [0.717, 1.165) is 5.56 Å². The summed E-state index contributed by atoms with van der Waals surface area (Å²) in [5, 5.41) is 0.741.